The van der Waals surface area contributed by atoms with Crippen LogP contribution in [0.5, 0.6) is 5.88 Å². The molecule has 1 aromatic rings. The maximum absolute atomic E-state index is 5.44. The number of anilines is 1. The zero-order chi connectivity index (χ0) is 10.7. The van der Waals surface area contributed by atoms with E-state index in [1.54, 1.807) is 0 Å². The topological polar surface area (TPSA) is 41.5 Å². The Morgan fingerprint density at radius 2 is 2.00 bits per heavy atom. The van der Waals surface area contributed by atoms with Crippen molar-refractivity contribution in [2.45, 2.75) is 6.92 Å². The van der Waals surface area contributed by atoms with Gasteiger partial charge in [0, 0.05) is 26.2 Å². The molecule has 1 saturated heterocycles. The van der Waals surface area contributed by atoms with Gasteiger partial charge in [0.15, 0.2) is 0 Å². The van der Waals surface area contributed by atoms with Crippen molar-refractivity contribution in [3.8, 4) is 5.88 Å². The van der Waals surface area contributed by atoms with Gasteiger partial charge in [-0.25, -0.2) is 0 Å². The minimum absolute atomic E-state index is 0.645. The summed E-state index contributed by atoms with van der Waals surface area (Å²) in [4.78, 5) is 4.56. The number of aromatic nitrogens is 2. The summed E-state index contributed by atoms with van der Waals surface area (Å²) in [6.07, 6.45) is 0. The number of likely N-dealkylation sites (N-methyl/N-ethyl adjacent to an activating group) is 1. The second kappa shape index (κ2) is 4.76. The molecule has 0 amide bonds. The predicted octanol–water partition coefficient (Wildman–Crippen LogP) is 0.689. The predicted molar refractivity (Wildman–Crippen MR) is 60.8 cm³/mol. The second-order valence-corrected chi connectivity index (χ2v) is 4.14. The Labute approximate surface area is 94.0 Å². The van der Waals surface area contributed by atoms with Crippen LogP contribution in [0.15, 0.2) is 0 Å². The fourth-order valence-electron chi connectivity index (χ4n) is 1.61. The molecule has 0 spiro atoms. The summed E-state index contributed by atoms with van der Waals surface area (Å²) in [6, 6.07) is 0. The summed E-state index contributed by atoms with van der Waals surface area (Å²) < 4.78 is 13.9. The Balaban J connectivity index is 2.05. The Hall–Kier alpha value is -0.880. The second-order valence-electron chi connectivity index (χ2n) is 3.62. The van der Waals surface area contributed by atoms with Crippen molar-refractivity contribution in [3.63, 3.8) is 0 Å². The third-order valence-electron chi connectivity index (χ3n) is 2.53. The van der Waals surface area contributed by atoms with E-state index >= 15 is 0 Å². The van der Waals surface area contributed by atoms with E-state index in [0.717, 1.165) is 32.0 Å². The van der Waals surface area contributed by atoms with E-state index in [4.69, 9.17) is 4.74 Å². The fraction of sp³-hybridized carbons (Fsp3) is 0.778. The molecule has 0 aromatic carbocycles. The van der Waals surface area contributed by atoms with Gasteiger partial charge in [-0.3, -0.25) is 0 Å². The average Bonchev–Trinajstić information content (AvgIpc) is 2.68. The van der Waals surface area contributed by atoms with E-state index in [1.165, 1.54) is 11.7 Å². The van der Waals surface area contributed by atoms with Gasteiger partial charge in [-0.1, -0.05) is 0 Å². The lowest BCUT2D eigenvalue weighted by Crippen LogP contribution is -2.44. The highest BCUT2D eigenvalue weighted by Crippen LogP contribution is 2.26. The van der Waals surface area contributed by atoms with Crippen molar-refractivity contribution >= 4 is 17.5 Å². The summed E-state index contributed by atoms with van der Waals surface area (Å²) >= 11 is 1.22. The van der Waals surface area contributed by atoms with Crippen LogP contribution in [-0.2, 0) is 0 Å². The van der Waals surface area contributed by atoms with Gasteiger partial charge in [-0.15, -0.1) is 4.37 Å². The first kappa shape index (κ1) is 10.6. The molecule has 0 saturated carbocycles. The van der Waals surface area contributed by atoms with Gasteiger partial charge in [-0.2, -0.15) is 4.37 Å². The normalized spacial score (nSPS) is 18.1. The van der Waals surface area contributed by atoms with E-state index < -0.39 is 0 Å². The summed E-state index contributed by atoms with van der Waals surface area (Å²) in [7, 11) is 2.14. The highest BCUT2D eigenvalue weighted by atomic mass is 32.1. The smallest absolute Gasteiger partial charge is 0.270 e. The van der Waals surface area contributed by atoms with Gasteiger partial charge in [0.2, 0.25) is 5.82 Å². The van der Waals surface area contributed by atoms with E-state index in [2.05, 4.69) is 25.6 Å². The molecule has 0 unspecified atom stereocenters. The first-order valence-corrected chi connectivity index (χ1v) is 5.93. The quantitative estimate of drug-likeness (QED) is 0.761. The number of hydrogen-bond donors (Lipinski definition) is 0. The van der Waals surface area contributed by atoms with Crippen LogP contribution in [0.4, 0.5) is 5.82 Å². The molecule has 0 bridgehead atoms. The first-order valence-electron chi connectivity index (χ1n) is 5.20. The molecule has 1 fully saturated rings. The molecule has 5 nitrogen and oxygen atoms in total. The molecule has 15 heavy (non-hydrogen) atoms. The van der Waals surface area contributed by atoms with Gasteiger partial charge >= 0.3 is 0 Å². The lowest BCUT2D eigenvalue weighted by Gasteiger charge is -2.32. The van der Waals surface area contributed by atoms with E-state index in [0.29, 0.717) is 12.5 Å². The van der Waals surface area contributed by atoms with Crippen LogP contribution in [-0.4, -0.2) is 53.5 Å². The summed E-state index contributed by atoms with van der Waals surface area (Å²) in [6.45, 7) is 6.76. The van der Waals surface area contributed by atoms with Crippen molar-refractivity contribution in [1.82, 2.24) is 13.6 Å². The van der Waals surface area contributed by atoms with Gasteiger partial charge < -0.3 is 14.5 Å². The monoisotopic (exact) mass is 228 g/mol. The molecule has 1 aromatic heterocycles. The van der Waals surface area contributed by atoms with E-state index in [-0.39, 0.29) is 0 Å². The Morgan fingerprint density at radius 3 is 2.67 bits per heavy atom. The SMILES string of the molecule is CCOc1nsnc1N1CCN(C)CC1. The maximum Gasteiger partial charge on any atom is 0.270 e. The molecule has 6 heteroatoms. The van der Waals surface area contributed by atoms with Crippen LogP contribution >= 0.6 is 11.7 Å². The third kappa shape index (κ3) is 2.38. The third-order valence-corrected chi connectivity index (χ3v) is 3.03. The zero-order valence-corrected chi connectivity index (χ0v) is 9.96. The molecule has 1 aliphatic rings. The van der Waals surface area contributed by atoms with Crippen LogP contribution in [0.3, 0.4) is 0 Å². The summed E-state index contributed by atoms with van der Waals surface area (Å²) in [5.41, 5.74) is 0. The van der Waals surface area contributed by atoms with Crippen LogP contribution in [0.2, 0.25) is 0 Å². The molecule has 0 aliphatic carbocycles. The first-order chi connectivity index (χ1) is 7.31. The van der Waals surface area contributed by atoms with Crippen molar-refractivity contribution in [3.05, 3.63) is 0 Å². The maximum atomic E-state index is 5.44. The van der Waals surface area contributed by atoms with E-state index in [1.807, 2.05) is 6.92 Å². The standard InChI is InChI=1S/C9H16N4OS/c1-3-14-9-8(10-15-11-9)13-6-4-12(2)5-7-13/h3-7H2,1-2H3. The lowest BCUT2D eigenvalue weighted by molar-refractivity contribution is 0.304. The van der Waals surface area contributed by atoms with Gasteiger partial charge in [0.1, 0.15) is 0 Å². The highest BCUT2D eigenvalue weighted by molar-refractivity contribution is 6.99. The van der Waals surface area contributed by atoms with Gasteiger partial charge in [0.25, 0.3) is 5.88 Å². The number of piperazine rings is 1. The molecule has 2 rings (SSSR count). The van der Waals surface area contributed by atoms with Crippen molar-refractivity contribution in [2.24, 2.45) is 0 Å². The Morgan fingerprint density at radius 1 is 1.27 bits per heavy atom. The Bertz CT molecular complexity index is 309. The number of ether oxygens (including phenoxy) is 1. The molecular weight excluding hydrogens is 212 g/mol. The van der Waals surface area contributed by atoms with Crippen LogP contribution < -0.4 is 9.64 Å². The molecule has 84 valence electrons. The highest BCUT2D eigenvalue weighted by Gasteiger charge is 2.20. The molecule has 1 aliphatic heterocycles. The zero-order valence-electron chi connectivity index (χ0n) is 9.14. The minimum atomic E-state index is 0.645. The van der Waals surface area contributed by atoms with Crippen LogP contribution in [0.1, 0.15) is 6.92 Å². The summed E-state index contributed by atoms with van der Waals surface area (Å²) in [5.74, 6) is 1.60. The van der Waals surface area contributed by atoms with Crippen LogP contribution in [0, 0.1) is 0 Å². The molecule has 0 atom stereocenters. The minimum Gasteiger partial charge on any atom is -0.475 e. The lowest BCUT2D eigenvalue weighted by atomic mass is 10.3. The largest absolute Gasteiger partial charge is 0.475 e. The van der Waals surface area contributed by atoms with Crippen molar-refractivity contribution in [1.29, 1.82) is 0 Å². The van der Waals surface area contributed by atoms with Crippen LogP contribution in [0.25, 0.3) is 0 Å². The summed E-state index contributed by atoms with van der Waals surface area (Å²) in [5, 5.41) is 0. The molecule has 2 heterocycles. The molecule has 0 N–H and O–H groups in total. The Kier molecular flexibility index (Phi) is 3.37. The van der Waals surface area contributed by atoms with Gasteiger partial charge in [-0.05, 0) is 14.0 Å². The molecular formula is C9H16N4OS. The number of hydrogen-bond acceptors (Lipinski definition) is 6. The van der Waals surface area contributed by atoms with Gasteiger partial charge in [0.05, 0.1) is 18.3 Å². The number of rotatable bonds is 3. The fourth-order valence-corrected chi connectivity index (χ4v) is 2.14. The number of nitrogens with zero attached hydrogens (tertiary/aromatic N) is 4. The van der Waals surface area contributed by atoms with Crippen molar-refractivity contribution < 1.29 is 4.74 Å². The van der Waals surface area contributed by atoms with E-state index in [9.17, 15) is 0 Å². The molecule has 0 radical (unpaired) electrons. The van der Waals surface area contributed by atoms with Crippen molar-refractivity contribution in [2.75, 3.05) is 44.7 Å². The average molecular weight is 228 g/mol.